The second-order valence-electron chi connectivity index (χ2n) is 6.62. The first-order chi connectivity index (χ1) is 15.0. The number of esters is 1. The lowest BCUT2D eigenvalue weighted by Crippen LogP contribution is -2.36. The SMILES string of the molecule is BC(B)(O)Oc1cc(OC(F)(F)F)ccc1Oc1cc(OC(F)(F)F)cc(F)c1C(=O)OC. The summed E-state index contributed by atoms with van der Waals surface area (Å²) in [6.07, 6.45) is -10.3. The van der Waals surface area contributed by atoms with Gasteiger partial charge < -0.3 is 28.8 Å². The normalized spacial score (nSPS) is 12.2. The van der Waals surface area contributed by atoms with Gasteiger partial charge in [-0.2, -0.15) is 0 Å². The Bertz CT molecular complexity index is 1020. The zero-order chi connectivity index (χ0) is 25.2. The lowest BCUT2D eigenvalue weighted by Gasteiger charge is -2.23. The van der Waals surface area contributed by atoms with Gasteiger partial charge in [0.2, 0.25) is 0 Å². The predicted octanol–water partition coefficient (Wildman–Crippen LogP) is 2.45. The van der Waals surface area contributed by atoms with Crippen LogP contribution in [0.5, 0.6) is 28.7 Å². The van der Waals surface area contributed by atoms with Crippen molar-refractivity contribution in [3.05, 3.63) is 41.7 Å². The Hall–Kier alpha value is -3.29. The van der Waals surface area contributed by atoms with Crippen LogP contribution in [0.4, 0.5) is 30.7 Å². The standard InChI is InChI=1S/C17H13B2F7O7/c1-29-14(27)13-9(20)4-8(32-17(24,25)26)6-12(13)30-10-3-2-7(31-16(21,22)23)5-11(10)33-15(18,19)28/h2-6,28H,18-19H2,1H3. The number of hydrogen-bond acceptors (Lipinski definition) is 7. The lowest BCUT2D eigenvalue weighted by molar-refractivity contribution is -0.275. The van der Waals surface area contributed by atoms with Crippen molar-refractivity contribution in [2.24, 2.45) is 0 Å². The third-order valence-electron chi connectivity index (χ3n) is 3.38. The number of methoxy groups -OCH3 is 1. The minimum Gasteiger partial charge on any atom is -0.476 e. The summed E-state index contributed by atoms with van der Waals surface area (Å²) in [5, 5.41) is 9.86. The van der Waals surface area contributed by atoms with Gasteiger partial charge in [-0.1, -0.05) is 0 Å². The Morgan fingerprint density at radius 3 is 1.91 bits per heavy atom. The zero-order valence-electron chi connectivity index (χ0n) is 16.9. The monoisotopic (exact) mass is 484 g/mol. The summed E-state index contributed by atoms with van der Waals surface area (Å²) in [5.74, 6) is -6.75. The van der Waals surface area contributed by atoms with Crippen molar-refractivity contribution in [1.82, 2.24) is 0 Å². The Kier molecular flexibility index (Phi) is 7.31. The van der Waals surface area contributed by atoms with Crippen LogP contribution in [0.1, 0.15) is 10.4 Å². The van der Waals surface area contributed by atoms with Crippen LogP contribution < -0.4 is 18.9 Å². The number of alkyl halides is 6. The summed E-state index contributed by atoms with van der Waals surface area (Å²) >= 11 is 0. The molecule has 0 saturated carbocycles. The molecule has 16 heteroatoms. The smallest absolute Gasteiger partial charge is 0.476 e. The van der Waals surface area contributed by atoms with Crippen LogP contribution in [0.15, 0.2) is 30.3 Å². The number of carbonyl (C=O) groups is 1. The topological polar surface area (TPSA) is 83.5 Å². The van der Waals surface area contributed by atoms with Gasteiger partial charge in [-0.15, -0.1) is 26.3 Å². The fraction of sp³-hybridized carbons (Fsp3) is 0.235. The van der Waals surface area contributed by atoms with E-state index in [9.17, 15) is 40.6 Å². The second kappa shape index (κ2) is 9.29. The Morgan fingerprint density at radius 1 is 0.848 bits per heavy atom. The minimum absolute atomic E-state index is 0.251. The molecule has 0 unspecified atom stereocenters. The summed E-state index contributed by atoms with van der Waals surface area (Å²) < 4.78 is 112. The maximum atomic E-state index is 14.4. The molecule has 7 nitrogen and oxygen atoms in total. The molecular formula is C17H13B2F7O7. The summed E-state index contributed by atoms with van der Waals surface area (Å²) in [4.78, 5) is 11.9. The predicted molar refractivity (Wildman–Crippen MR) is 100 cm³/mol. The van der Waals surface area contributed by atoms with Gasteiger partial charge in [0.1, 0.15) is 34.2 Å². The van der Waals surface area contributed by atoms with Crippen molar-refractivity contribution in [2.45, 2.75) is 18.3 Å². The van der Waals surface area contributed by atoms with Gasteiger partial charge >= 0.3 is 18.7 Å². The molecule has 0 aromatic heterocycles. The van der Waals surface area contributed by atoms with Crippen molar-refractivity contribution < 1.29 is 64.3 Å². The van der Waals surface area contributed by atoms with E-state index in [1.165, 1.54) is 0 Å². The average molecular weight is 484 g/mol. The number of hydrogen-bond donors (Lipinski definition) is 1. The molecule has 0 fully saturated rings. The maximum Gasteiger partial charge on any atom is 0.573 e. The fourth-order valence-electron chi connectivity index (χ4n) is 2.37. The lowest BCUT2D eigenvalue weighted by atomic mass is 9.76. The van der Waals surface area contributed by atoms with Crippen molar-refractivity contribution in [3.63, 3.8) is 0 Å². The zero-order valence-corrected chi connectivity index (χ0v) is 16.9. The Morgan fingerprint density at radius 2 is 1.39 bits per heavy atom. The molecule has 0 heterocycles. The molecule has 178 valence electrons. The molecule has 0 spiro atoms. The number of aliphatic hydroxyl groups is 1. The molecule has 1 N–H and O–H groups in total. The first-order valence-corrected chi connectivity index (χ1v) is 8.64. The average Bonchev–Trinajstić information content (AvgIpc) is 2.59. The van der Waals surface area contributed by atoms with Crippen LogP contribution >= 0.6 is 0 Å². The van der Waals surface area contributed by atoms with E-state index in [4.69, 9.17) is 9.47 Å². The highest BCUT2D eigenvalue weighted by Gasteiger charge is 2.34. The van der Waals surface area contributed by atoms with E-state index in [0.29, 0.717) is 12.1 Å². The van der Waals surface area contributed by atoms with E-state index in [2.05, 4.69) is 14.2 Å². The van der Waals surface area contributed by atoms with Gasteiger partial charge in [-0.3, -0.25) is 0 Å². The van der Waals surface area contributed by atoms with Gasteiger partial charge in [0.15, 0.2) is 27.2 Å². The molecule has 0 amide bonds. The molecule has 0 radical (unpaired) electrons. The number of carbonyl (C=O) groups excluding carboxylic acids is 1. The van der Waals surface area contributed by atoms with E-state index in [1.807, 2.05) is 0 Å². The molecule has 2 aromatic carbocycles. The Labute approximate surface area is 182 Å². The van der Waals surface area contributed by atoms with Crippen LogP contribution in [0.2, 0.25) is 0 Å². The number of ether oxygens (including phenoxy) is 5. The van der Waals surface area contributed by atoms with E-state index in [0.717, 1.165) is 34.9 Å². The third kappa shape index (κ3) is 7.97. The van der Waals surface area contributed by atoms with Gasteiger partial charge in [-0.25, -0.2) is 9.18 Å². The highest BCUT2D eigenvalue weighted by atomic mass is 19.4. The fourth-order valence-corrected chi connectivity index (χ4v) is 2.37. The van der Waals surface area contributed by atoms with Crippen molar-refractivity contribution in [1.29, 1.82) is 0 Å². The minimum atomic E-state index is -5.22. The molecule has 0 aliphatic rings. The van der Waals surface area contributed by atoms with E-state index < -0.39 is 64.4 Å². The third-order valence-corrected chi connectivity index (χ3v) is 3.38. The highest BCUT2D eigenvalue weighted by Crippen LogP contribution is 2.40. The largest absolute Gasteiger partial charge is 0.573 e. The van der Waals surface area contributed by atoms with Crippen molar-refractivity contribution >= 4 is 21.7 Å². The van der Waals surface area contributed by atoms with Crippen molar-refractivity contribution in [3.8, 4) is 28.7 Å². The molecule has 0 aliphatic carbocycles. The van der Waals surface area contributed by atoms with Gasteiger partial charge in [0.05, 0.1) is 7.11 Å². The summed E-state index contributed by atoms with van der Waals surface area (Å²) in [6.45, 7) is 0. The molecule has 0 bridgehead atoms. The van der Waals surface area contributed by atoms with Crippen LogP contribution in [0.3, 0.4) is 0 Å². The van der Waals surface area contributed by atoms with Crippen LogP contribution in [-0.2, 0) is 4.74 Å². The quantitative estimate of drug-likeness (QED) is 0.280. The molecule has 0 saturated heterocycles. The number of rotatable bonds is 7. The molecule has 0 atom stereocenters. The molecular weight excluding hydrogens is 471 g/mol. The maximum absolute atomic E-state index is 14.4. The molecule has 2 rings (SSSR count). The summed E-state index contributed by atoms with van der Waals surface area (Å²) in [7, 11) is 3.06. The molecule has 2 aromatic rings. The summed E-state index contributed by atoms with van der Waals surface area (Å²) in [6, 6.07) is 2.95. The van der Waals surface area contributed by atoms with Crippen LogP contribution in [0.25, 0.3) is 0 Å². The molecule has 0 aliphatic heterocycles. The Balaban J connectivity index is 2.59. The second-order valence-corrected chi connectivity index (χ2v) is 6.62. The van der Waals surface area contributed by atoms with Gasteiger partial charge in [-0.05, 0) is 12.1 Å². The van der Waals surface area contributed by atoms with E-state index in [-0.39, 0.29) is 6.07 Å². The van der Waals surface area contributed by atoms with E-state index in [1.54, 1.807) is 0 Å². The van der Waals surface area contributed by atoms with Crippen LogP contribution in [-0.4, -0.2) is 52.2 Å². The first kappa shape index (κ1) is 26.0. The van der Waals surface area contributed by atoms with Gasteiger partial charge in [0.25, 0.3) is 0 Å². The number of benzene rings is 2. The summed E-state index contributed by atoms with van der Waals surface area (Å²) in [5.41, 5.74) is -2.93. The van der Waals surface area contributed by atoms with Crippen LogP contribution in [0, 0.1) is 5.82 Å². The van der Waals surface area contributed by atoms with Crippen molar-refractivity contribution in [2.75, 3.05) is 7.11 Å². The number of halogens is 7. The van der Waals surface area contributed by atoms with E-state index >= 15 is 0 Å². The highest BCUT2D eigenvalue weighted by molar-refractivity contribution is 6.37. The molecule has 33 heavy (non-hydrogen) atoms. The van der Waals surface area contributed by atoms with Gasteiger partial charge in [0, 0.05) is 18.2 Å². The first-order valence-electron chi connectivity index (χ1n) is 8.64.